The third kappa shape index (κ3) is 7.10. The molecule has 9 nitrogen and oxygen atoms in total. The van der Waals surface area contributed by atoms with Gasteiger partial charge in [0, 0.05) is 58.4 Å². The molecule has 2 aliphatic rings. The molecular formula is C23H35N5O4. The molecule has 2 aliphatic heterocycles. The number of urea groups is 1. The molecule has 2 saturated heterocycles. The number of carbonyl (C=O) groups is 3. The van der Waals surface area contributed by atoms with Crippen LogP contribution < -0.4 is 10.2 Å². The fraction of sp³-hybridized carbons (Fsp3) is 0.652. The van der Waals surface area contributed by atoms with Crippen molar-refractivity contribution >= 4 is 23.7 Å². The maximum absolute atomic E-state index is 12.7. The SMILES string of the molecule is CCOC(=O)CCNC(=O)N1CCCC(CCC(=O)N2CCN(c3ccccn3)CC2)C1. The van der Waals surface area contributed by atoms with E-state index in [-0.39, 0.29) is 30.9 Å². The van der Waals surface area contributed by atoms with Crippen LogP contribution in [0.5, 0.6) is 0 Å². The Labute approximate surface area is 190 Å². The summed E-state index contributed by atoms with van der Waals surface area (Å²) in [6.45, 7) is 6.79. The summed E-state index contributed by atoms with van der Waals surface area (Å²) in [5.41, 5.74) is 0. The third-order valence-corrected chi connectivity index (χ3v) is 6.09. The number of pyridine rings is 1. The smallest absolute Gasteiger partial charge is 0.317 e. The van der Waals surface area contributed by atoms with Gasteiger partial charge in [0.05, 0.1) is 13.0 Å². The zero-order valence-corrected chi connectivity index (χ0v) is 19.0. The van der Waals surface area contributed by atoms with E-state index in [9.17, 15) is 14.4 Å². The Morgan fingerprint density at radius 3 is 2.62 bits per heavy atom. The number of nitrogens with zero attached hydrogens (tertiary/aromatic N) is 4. The number of aromatic nitrogens is 1. The van der Waals surface area contributed by atoms with Gasteiger partial charge in [-0.25, -0.2) is 9.78 Å². The summed E-state index contributed by atoms with van der Waals surface area (Å²) in [5.74, 6) is 1.19. The zero-order chi connectivity index (χ0) is 22.8. The van der Waals surface area contributed by atoms with Crippen LogP contribution in [0.1, 0.15) is 39.0 Å². The molecule has 3 amide bonds. The highest BCUT2D eigenvalue weighted by Gasteiger charge is 2.26. The molecule has 1 N–H and O–H groups in total. The molecule has 1 atom stereocenters. The molecule has 1 unspecified atom stereocenters. The van der Waals surface area contributed by atoms with Gasteiger partial charge in [0.25, 0.3) is 0 Å². The number of esters is 1. The van der Waals surface area contributed by atoms with E-state index in [2.05, 4.69) is 15.2 Å². The van der Waals surface area contributed by atoms with Crippen molar-refractivity contribution < 1.29 is 19.1 Å². The van der Waals surface area contributed by atoms with E-state index in [1.54, 1.807) is 18.0 Å². The topological polar surface area (TPSA) is 95.1 Å². The fourth-order valence-electron chi connectivity index (χ4n) is 4.31. The van der Waals surface area contributed by atoms with Crippen LogP contribution in [0.4, 0.5) is 10.6 Å². The van der Waals surface area contributed by atoms with E-state index in [0.29, 0.717) is 32.0 Å². The fourth-order valence-corrected chi connectivity index (χ4v) is 4.31. The van der Waals surface area contributed by atoms with E-state index < -0.39 is 0 Å². The predicted octanol–water partition coefficient (Wildman–Crippen LogP) is 1.89. The Bertz CT molecular complexity index is 752. The maximum atomic E-state index is 12.7. The first kappa shape index (κ1) is 23.8. The molecule has 176 valence electrons. The number of amides is 3. The van der Waals surface area contributed by atoms with E-state index >= 15 is 0 Å². The van der Waals surface area contributed by atoms with Crippen LogP contribution >= 0.6 is 0 Å². The van der Waals surface area contributed by atoms with E-state index in [4.69, 9.17) is 4.74 Å². The first-order valence-electron chi connectivity index (χ1n) is 11.7. The van der Waals surface area contributed by atoms with E-state index in [1.807, 2.05) is 23.1 Å². The molecule has 0 aliphatic carbocycles. The van der Waals surface area contributed by atoms with Gasteiger partial charge in [-0.1, -0.05) is 6.07 Å². The van der Waals surface area contributed by atoms with Crippen LogP contribution in [0.3, 0.4) is 0 Å². The number of carbonyl (C=O) groups excluding carboxylic acids is 3. The van der Waals surface area contributed by atoms with Crippen molar-refractivity contribution in [3.63, 3.8) is 0 Å². The van der Waals surface area contributed by atoms with Crippen LogP contribution in [-0.2, 0) is 14.3 Å². The van der Waals surface area contributed by atoms with Gasteiger partial charge in [0.15, 0.2) is 0 Å². The molecule has 0 saturated carbocycles. The summed E-state index contributed by atoms with van der Waals surface area (Å²) < 4.78 is 4.87. The van der Waals surface area contributed by atoms with Crippen LogP contribution in [0, 0.1) is 5.92 Å². The second-order valence-corrected chi connectivity index (χ2v) is 8.34. The van der Waals surface area contributed by atoms with E-state index in [1.165, 1.54) is 0 Å². The number of hydrogen-bond donors (Lipinski definition) is 1. The molecule has 1 aromatic heterocycles. The Balaban J connectivity index is 1.35. The Morgan fingerprint density at radius 1 is 1.09 bits per heavy atom. The lowest BCUT2D eigenvalue weighted by atomic mass is 9.93. The van der Waals surface area contributed by atoms with Crippen molar-refractivity contribution in [2.24, 2.45) is 5.92 Å². The Hall–Kier alpha value is -2.84. The third-order valence-electron chi connectivity index (χ3n) is 6.09. The molecule has 0 spiro atoms. The maximum Gasteiger partial charge on any atom is 0.317 e. The lowest BCUT2D eigenvalue weighted by molar-refractivity contribution is -0.142. The first-order chi connectivity index (χ1) is 15.6. The minimum Gasteiger partial charge on any atom is -0.466 e. The molecule has 0 aromatic carbocycles. The van der Waals surface area contributed by atoms with Crippen LogP contribution in [-0.4, -0.2) is 85.1 Å². The molecule has 1 aromatic rings. The Kier molecular flexibility index (Phi) is 9.13. The summed E-state index contributed by atoms with van der Waals surface area (Å²) in [7, 11) is 0. The van der Waals surface area contributed by atoms with Gasteiger partial charge in [-0.2, -0.15) is 0 Å². The molecular weight excluding hydrogens is 410 g/mol. The predicted molar refractivity (Wildman–Crippen MR) is 121 cm³/mol. The number of piperidine rings is 1. The summed E-state index contributed by atoms with van der Waals surface area (Å²) in [6, 6.07) is 5.74. The van der Waals surface area contributed by atoms with Gasteiger partial charge in [-0.3, -0.25) is 9.59 Å². The number of likely N-dealkylation sites (tertiary alicyclic amines) is 1. The number of hydrogen-bond acceptors (Lipinski definition) is 6. The summed E-state index contributed by atoms with van der Waals surface area (Å²) in [4.78, 5) is 46.8. The molecule has 32 heavy (non-hydrogen) atoms. The highest BCUT2D eigenvalue weighted by Crippen LogP contribution is 2.22. The highest BCUT2D eigenvalue weighted by molar-refractivity contribution is 5.77. The first-order valence-corrected chi connectivity index (χ1v) is 11.7. The second kappa shape index (κ2) is 12.3. The van der Waals surface area contributed by atoms with Gasteiger partial charge in [0.2, 0.25) is 5.91 Å². The molecule has 3 rings (SSSR count). The average Bonchev–Trinajstić information content (AvgIpc) is 2.83. The highest BCUT2D eigenvalue weighted by atomic mass is 16.5. The largest absolute Gasteiger partial charge is 0.466 e. The van der Waals surface area contributed by atoms with Crippen molar-refractivity contribution in [3.05, 3.63) is 24.4 Å². The van der Waals surface area contributed by atoms with E-state index in [0.717, 1.165) is 51.3 Å². The van der Waals surface area contributed by atoms with Crippen LogP contribution in [0.15, 0.2) is 24.4 Å². The van der Waals surface area contributed by atoms with Crippen LogP contribution in [0.25, 0.3) is 0 Å². The van der Waals surface area contributed by atoms with Crippen molar-refractivity contribution in [2.45, 2.75) is 39.0 Å². The average molecular weight is 446 g/mol. The van der Waals surface area contributed by atoms with Gasteiger partial charge in [0.1, 0.15) is 5.82 Å². The normalized spacial score (nSPS) is 18.9. The van der Waals surface area contributed by atoms with Gasteiger partial charge in [-0.15, -0.1) is 0 Å². The quantitative estimate of drug-likeness (QED) is 0.614. The lowest BCUT2D eigenvalue weighted by Gasteiger charge is -2.36. The van der Waals surface area contributed by atoms with Crippen molar-refractivity contribution in [1.29, 1.82) is 0 Å². The van der Waals surface area contributed by atoms with Gasteiger partial charge in [-0.05, 0) is 44.2 Å². The zero-order valence-electron chi connectivity index (χ0n) is 19.0. The van der Waals surface area contributed by atoms with Crippen molar-refractivity contribution in [3.8, 4) is 0 Å². The molecule has 3 heterocycles. The van der Waals surface area contributed by atoms with Crippen molar-refractivity contribution in [1.82, 2.24) is 20.1 Å². The Morgan fingerprint density at radius 2 is 1.91 bits per heavy atom. The van der Waals surface area contributed by atoms with Gasteiger partial charge >= 0.3 is 12.0 Å². The molecule has 0 bridgehead atoms. The molecule has 0 radical (unpaired) electrons. The summed E-state index contributed by atoms with van der Waals surface area (Å²) in [5, 5.41) is 2.80. The minimum atomic E-state index is -0.302. The van der Waals surface area contributed by atoms with Crippen molar-refractivity contribution in [2.75, 3.05) is 57.3 Å². The number of ether oxygens (including phenoxy) is 1. The van der Waals surface area contributed by atoms with Crippen LogP contribution in [0.2, 0.25) is 0 Å². The number of nitrogens with one attached hydrogen (secondary N) is 1. The molecule has 2 fully saturated rings. The molecule has 9 heteroatoms. The number of anilines is 1. The summed E-state index contributed by atoms with van der Waals surface area (Å²) >= 11 is 0. The summed E-state index contributed by atoms with van der Waals surface area (Å²) in [6.07, 6.45) is 5.26. The minimum absolute atomic E-state index is 0.143. The second-order valence-electron chi connectivity index (χ2n) is 8.34. The number of rotatable bonds is 8. The standard InChI is InChI=1S/C23H35N5O4/c1-2-32-22(30)10-12-25-23(31)28-13-5-6-19(18-28)8-9-21(29)27-16-14-26(15-17-27)20-7-3-4-11-24-20/h3-4,7,11,19H,2,5-6,8-10,12-18H2,1H3,(H,25,31). The monoisotopic (exact) mass is 445 g/mol. The number of piperazine rings is 1. The van der Waals surface area contributed by atoms with Gasteiger partial charge < -0.3 is 24.8 Å². The lowest BCUT2D eigenvalue weighted by Crippen LogP contribution is -2.49.